The number of halogens is 1. The summed E-state index contributed by atoms with van der Waals surface area (Å²) >= 11 is 6.18. The minimum atomic E-state index is -0.451. The van der Waals surface area contributed by atoms with Crippen molar-refractivity contribution in [2.45, 2.75) is 18.3 Å². The number of piperidine rings is 1. The molecule has 2 aromatic rings. The molecule has 0 saturated carbocycles. The Morgan fingerprint density at radius 2 is 1.96 bits per heavy atom. The van der Waals surface area contributed by atoms with E-state index in [4.69, 9.17) is 16.3 Å². The molecule has 3 heterocycles. The van der Waals surface area contributed by atoms with Crippen LogP contribution in [0.2, 0.25) is 5.02 Å². The third-order valence-corrected chi connectivity index (χ3v) is 5.82. The number of aromatic nitrogens is 2. The summed E-state index contributed by atoms with van der Waals surface area (Å²) < 4.78 is 5.77. The second-order valence-corrected chi connectivity index (χ2v) is 7.97. The number of benzene rings is 1. The smallest absolute Gasteiger partial charge is 0.235 e. The summed E-state index contributed by atoms with van der Waals surface area (Å²) in [4.78, 5) is 25.4. The maximum Gasteiger partial charge on any atom is 0.235 e. The van der Waals surface area contributed by atoms with Crippen molar-refractivity contribution < 1.29 is 9.53 Å². The minimum absolute atomic E-state index is 0.0961. The van der Waals surface area contributed by atoms with Crippen LogP contribution in [0.1, 0.15) is 18.4 Å². The number of amides is 1. The molecular weight excluding hydrogens is 378 g/mol. The summed E-state index contributed by atoms with van der Waals surface area (Å²) in [6.07, 6.45) is 4.95. The van der Waals surface area contributed by atoms with Gasteiger partial charge in [0.15, 0.2) is 5.75 Å². The molecule has 0 bridgehead atoms. The standard InChI is InChI=1S/C20H24ClN5O2/c1-25(2)19-22-12-15(13-23-19)28-10-9-26-7-5-20(6-8-26)16-11-14(21)3-4-17(16)24-18(20)27/h3-4,11-13H,5-10H2,1-2H3,(H,24,27). The van der Waals surface area contributed by atoms with Gasteiger partial charge in [0.1, 0.15) is 6.61 Å². The molecule has 2 aliphatic rings. The van der Waals surface area contributed by atoms with Gasteiger partial charge in [-0.2, -0.15) is 0 Å². The van der Waals surface area contributed by atoms with Gasteiger partial charge in [-0.05, 0) is 49.7 Å². The van der Waals surface area contributed by atoms with Crippen LogP contribution in [0.25, 0.3) is 0 Å². The third kappa shape index (κ3) is 3.52. The van der Waals surface area contributed by atoms with Crippen LogP contribution in [-0.2, 0) is 10.2 Å². The maximum atomic E-state index is 12.7. The number of anilines is 2. The van der Waals surface area contributed by atoms with E-state index in [2.05, 4.69) is 20.2 Å². The monoisotopic (exact) mass is 401 g/mol. The van der Waals surface area contributed by atoms with Crippen LogP contribution in [0.4, 0.5) is 11.6 Å². The van der Waals surface area contributed by atoms with Gasteiger partial charge in [0.05, 0.1) is 17.8 Å². The molecule has 0 radical (unpaired) electrons. The van der Waals surface area contributed by atoms with Gasteiger partial charge in [-0.15, -0.1) is 0 Å². The van der Waals surface area contributed by atoms with Crippen LogP contribution in [-0.4, -0.2) is 61.1 Å². The normalized spacial score (nSPS) is 18.0. The first-order chi connectivity index (χ1) is 13.5. The summed E-state index contributed by atoms with van der Waals surface area (Å²) in [6.45, 7) is 3.05. The molecule has 0 aliphatic carbocycles. The van der Waals surface area contributed by atoms with Gasteiger partial charge in [-0.3, -0.25) is 9.69 Å². The van der Waals surface area contributed by atoms with Crippen LogP contribution < -0.4 is 15.0 Å². The second kappa shape index (κ2) is 7.56. The molecule has 1 N–H and O–H groups in total. The van der Waals surface area contributed by atoms with Crippen molar-refractivity contribution in [1.29, 1.82) is 0 Å². The summed E-state index contributed by atoms with van der Waals surface area (Å²) in [6, 6.07) is 5.65. The molecule has 4 rings (SSSR count). The quantitative estimate of drug-likeness (QED) is 0.830. The molecule has 1 aromatic heterocycles. The Bertz CT molecular complexity index is 863. The lowest BCUT2D eigenvalue weighted by Gasteiger charge is -2.37. The fourth-order valence-electron chi connectivity index (χ4n) is 3.95. The highest BCUT2D eigenvalue weighted by Crippen LogP contribution is 2.45. The zero-order valence-corrected chi connectivity index (χ0v) is 16.9. The summed E-state index contributed by atoms with van der Waals surface area (Å²) in [5.74, 6) is 1.42. The van der Waals surface area contributed by atoms with Crippen molar-refractivity contribution in [3.8, 4) is 5.75 Å². The Labute approximate surface area is 169 Å². The van der Waals surface area contributed by atoms with E-state index in [1.165, 1.54) is 0 Å². The molecule has 1 saturated heterocycles. The highest BCUT2D eigenvalue weighted by Gasteiger charge is 2.48. The van der Waals surface area contributed by atoms with E-state index < -0.39 is 5.41 Å². The van der Waals surface area contributed by atoms with E-state index >= 15 is 0 Å². The average molecular weight is 402 g/mol. The molecule has 2 aliphatic heterocycles. The number of likely N-dealkylation sites (tertiary alicyclic amines) is 1. The fraction of sp³-hybridized carbons (Fsp3) is 0.450. The second-order valence-electron chi connectivity index (χ2n) is 7.53. The summed E-state index contributed by atoms with van der Waals surface area (Å²) in [5, 5.41) is 3.69. The molecule has 1 aromatic carbocycles. The first-order valence-electron chi connectivity index (χ1n) is 9.44. The molecule has 28 heavy (non-hydrogen) atoms. The summed E-state index contributed by atoms with van der Waals surface area (Å²) in [5.41, 5.74) is 1.49. The van der Waals surface area contributed by atoms with E-state index in [0.29, 0.717) is 23.3 Å². The first-order valence-corrected chi connectivity index (χ1v) is 9.82. The van der Waals surface area contributed by atoms with Crippen LogP contribution in [0.5, 0.6) is 5.75 Å². The highest BCUT2D eigenvalue weighted by molar-refractivity contribution is 6.31. The van der Waals surface area contributed by atoms with Crippen LogP contribution in [0, 0.1) is 0 Å². The Balaban J connectivity index is 1.31. The van der Waals surface area contributed by atoms with E-state index in [1.54, 1.807) is 12.4 Å². The average Bonchev–Trinajstić information content (AvgIpc) is 2.95. The van der Waals surface area contributed by atoms with E-state index in [9.17, 15) is 4.79 Å². The van der Waals surface area contributed by atoms with Gasteiger partial charge in [0.2, 0.25) is 11.9 Å². The van der Waals surface area contributed by atoms with Crippen molar-refractivity contribution in [2.75, 3.05) is 50.6 Å². The number of hydrogen-bond donors (Lipinski definition) is 1. The van der Waals surface area contributed by atoms with Gasteiger partial charge in [-0.25, -0.2) is 9.97 Å². The fourth-order valence-corrected chi connectivity index (χ4v) is 4.12. The van der Waals surface area contributed by atoms with Crippen LogP contribution in [0.3, 0.4) is 0 Å². The Kier molecular flexibility index (Phi) is 5.12. The van der Waals surface area contributed by atoms with Crippen molar-refractivity contribution in [3.05, 3.63) is 41.2 Å². The molecule has 1 spiro atoms. The lowest BCUT2D eigenvalue weighted by atomic mass is 9.73. The zero-order chi connectivity index (χ0) is 19.7. The molecule has 1 fully saturated rings. The summed E-state index contributed by atoms with van der Waals surface area (Å²) in [7, 11) is 3.80. The van der Waals surface area contributed by atoms with Gasteiger partial charge in [-0.1, -0.05) is 11.6 Å². The molecule has 7 nitrogen and oxygen atoms in total. The Morgan fingerprint density at radius 1 is 1.25 bits per heavy atom. The number of fused-ring (bicyclic) bond motifs is 2. The van der Waals surface area contributed by atoms with E-state index in [0.717, 1.165) is 43.7 Å². The SMILES string of the molecule is CN(C)c1ncc(OCCN2CCC3(CC2)C(=O)Nc2ccc(Cl)cc23)cn1. The Morgan fingerprint density at radius 3 is 2.64 bits per heavy atom. The molecule has 148 valence electrons. The Hall–Kier alpha value is -2.38. The van der Waals surface area contributed by atoms with E-state index in [1.807, 2.05) is 37.2 Å². The minimum Gasteiger partial charge on any atom is -0.489 e. The van der Waals surface area contributed by atoms with Crippen molar-refractivity contribution in [1.82, 2.24) is 14.9 Å². The largest absolute Gasteiger partial charge is 0.489 e. The lowest BCUT2D eigenvalue weighted by molar-refractivity contribution is -0.122. The molecular formula is C20H24ClN5O2. The number of ether oxygens (including phenoxy) is 1. The van der Waals surface area contributed by atoms with Crippen LogP contribution in [0.15, 0.2) is 30.6 Å². The van der Waals surface area contributed by atoms with Gasteiger partial charge in [0.25, 0.3) is 0 Å². The molecule has 8 heteroatoms. The number of nitrogens with one attached hydrogen (secondary N) is 1. The topological polar surface area (TPSA) is 70.6 Å². The van der Waals surface area contributed by atoms with Gasteiger partial charge < -0.3 is 15.0 Å². The van der Waals surface area contributed by atoms with E-state index in [-0.39, 0.29) is 5.91 Å². The number of rotatable bonds is 5. The lowest BCUT2D eigenvalue weighted by Crippen LogP contribution is -2.47. The van der Waals surface area contributed by atoms with Crippen LogP contribution >= 0.6 is 11.6 Å². The van der Waals surface area contributed by atoms with Crippen molar-refractivity contribution in [2.24, 2.45) is 0 Å². The number of nitrogens with zero attached hydrogens (tertiary/aromatic N) is 4. The molecule has 1 amide bonds. The molecule has 0 atom stereocenters. The highest BCUT2D eigenvalue weighted by atomic mass is 35.5. The van der Waals surface area contributed by atoms with Crippen molar-refractivity contribution in [3.63, 3.8) is 0 Å². The predicted octanol–water partition coefficient (Wildman–Crippen LogP) is 2.56. The number of hydrogen-bond acceptors (Lipinski definition) is 6. The van der Waals surface area contributed by atoms with Gasteiger partial charge in [0, 0.05) is 31.4 Å². The number of carbonyl (C=O) groups excluding carboxylic acids is 1. The van der Waals surface area contributed by atoms with Gasteiger partial charge >= 0.3 is 0 Å². The predicted molar refractivity (Wildman–Crippen MR) is 109 cm³/mol. The van der Waals surface area contributed by atoms with Crippen molar-refractivity contribution >= 4 is 29.1 Å². The third-order valence-electron chi connectivity index (χ3n) is 5.58. The first kappa shape index (κ1) is 19.0. The number of carbonyl (C=O) groups is 1. The molecule has 0 unspecified atom stereocenters. The maximum absolute atomic E-state index is 12.7. The zero-order valence-electron chi connectivity index (χ0n) is 16.1.